The molecular weight excluding hydrogens is 270 g/mol. The number of non-ortho nitro benzene ring substituents is 1. The number of nitrogens with one attached hydrogen (secondary N) is 1. The minimum Gasteiger partial charge on any atom is -0.330 e. The van der Waals surface area contributed by atoms with E-state index >= 15 is 0 Å². The highest BCUT2D eigenvalue weighted by atomic mass is 16.6. The number of carbonyl (C=O) groups excluding carboxylic acids is 1. The van der Waals surface area contributed by atoms with E-state index in [0.717, 1.165) is 12.0 Å². The highest BCUT2D eigenvalue weighted by molar-refractivity contribution is 5.92. The Balaban J connectivity index is 2.74. The van der Waals surface area contributed by atoms with Gasteiger partial charge in [0.1, 0.15) is 0 Å². The molecule has 6 nitrogen and oxygen atoms in total. The Hall–Kier alpha value is -1.95. The fourth-order valence-corrected chi connectivity index (χ4v) is 2.25. The zero-order chi connectivity index (χ0) is 16.0. The molecule has 1 rings (SSSR count). The maximum absolute atomic E-state index is 12.1. The van der Waals surface area contributed by atoms with Crippen molar-refractivity contribution in [2.45, 2.75) is 33.6 Å². The van der Waals surface area contributed by atoms with E-state index in [9.17, 15) is 14.9 Å². The second-order valence-corrected chi connectivity index (χ2v) is 5.74. The van der Waals surface area contributed by atoms with Crippen LogP contribution in [-0.2, 0) is 4.79 Å². The number of hydrogen-bond acceptors (Lipinski definition) is 4. The Morgan fingerprint density at radius 2 is 2.10 bits per heavy atom. The van der Waals surface area contributed by atoms with E-state index in [1.54, 1.807) is 13.0 Å². The SMILES string of the molecule is Cc1ccc([N+](=O)[O-])cc1NC(=O)CC(CN)CC(C)C. The summed E-state index contributed by atoms with van der Waals surface area (Å²) in [4.78, 5) is 22.4. The lowest BCUT2D eigenvalue weighted by Crippen LogP contribution is -2.23. The molecule has 21 heavy (non-hydrogen) atoms. The van der Waals surface area contributed by atoms with Crippen LogP contribution in [0.1, 0.15) is 32.3 Å². The number of anilines is 1. The quantitative estimate of drug-likeness (QED) is 0.596. The molecule has 1 aromatic rings. The third-order valence-corrected chi connectivity index (χ3v) is 3.32. The first-order chi connectivity index (χ1) is 9.83. The van der Waals surface area contributed by atoms with E-state index < -0.39 is 4.92 Å². The largest absolute Gasteiger partial charge is 0.330 e. The molecular formula is C15H23N3O3. The Kier molecular flexibility index (Phi) is 6.30. The summed E-state index contributed by atoms with van der Waals surface area (Å²) < 4.78 is 0. The van der Waals surface area contributed by atoms with E-state index in [2.05, 4.69) is 19.2 Å². The molecule has 0 bridgehead atoms. The number of nitrogens with zero attached hydrogens (tertiary/aromatic N) is 1. The van der Waals surface area contributed by atoms with Crippen molar-refractivity contribution >= 4 is 17.3 Å². The highest BCUT2D eigenvalue weighted by Gasteiger charge is 2.16. The molecule has 1 amide bonds. The molecule has 1 atom stereocenters. The summed E-state index contributed by atoms with van der Waals surface area (Å²) in [6.45, 7) is 6.43. The van der Waals surface area contributed by atoms with Crippen molar-refractivity contribution < 1.29 is 9.72 Å². The van der Waals surface area contributed by atoms with E-state index in [1.807, 2.05) is 0 Å². The standard InChI is InChI=1S/C15H23N3O3/c1-10(2)6-12(9-16)7-15(19)17-14-8-13(18(20)21)5-4-11(14)3/h4-5,8,10,12H,6-7,9,16H2,1-3H3,(H,17,19). The van der Waals surface area contributed by atoms with E-state index in [0.29, 0.717) is 24.6 Å². The van der Waals surface area contributed by atoms with Gasteiger partial charge < -0.3 is 11.1 Å². The van der Waals surface area contributed by atoms with Crippen LogP contribution in [0, 0.1) is 28.9 Å². The van der Waals surface area contributed by atoms with Gasteiger partial charge in [0.2, 0.25) is 5.91 Å². The summed E-state index contributed by atoms with van der Waals surface area (Å²) in [7, 11) is 0. The molecule has 1 aromatic carbocycles. The molecule has 0 aliphatic carbocycles. The van der Waals surface area contributed by atoms with Crippen LogP contribution in [0.5, 0.6) is 0 Å². The summed E-state index contributed by atoms with van der Waals surface area (Å²) in [6.07, 6.45) is 1.22. The van der Waals surface area contributed by atoms with Gasteiger partial charge in [-0.1, -0.05) is 19.9 Å². The Labute approximate surface area is 124 Å². The van der Waals surface area contributed by atoms with Crippen molar-refractivity contribution in [3.63, 3.8) is 0 Å². The van der Waals surface area contributed by atoms with Crippen LogP contribution < -0.4 is 11.1 Å². The number of carbonyl (C=O) groups is 1. The fourth-order valence-electron chi connectivity index (χ4n) is 2.25. The monoisotopic (exact) mass is 293 g/mol. The Morgan fingerprint density at radius 1 is 1.43 bits per heavy atom. The molecule has 6 heteroatoms. The van der Waals surface area contributed by atoms with Crippen LogP contribution in [0.2, 0.25) is 0 Å². The van der Waals surface area contributed by atoms with Gasteiger partial charge in [0.25, 0.3) is 5.69 Å². The number of nitro groups is 1. The van der Waals surface area contributed by atoms with Gasteiger partial charge in [0.05, 0.1) is 10.6 Å². The predicted molar refractivity (Wildman–Crippen MR) is 83.1 cm³/mol. The lowest BCUT2D eigenvalue weighted by Gasteiger charge is -2.17. The number of aryl methyl sites for hydroxylation is 1. The lowest BCUT2D eigenvalue weighted by atomic mass is 9.94. The molecule has 0 aliphatic rings. The molecule has 0 aliphatic heterocycles. The van der Waals surface area contributed by atoms with Crippen molar-refractivity contribution in [2.75, 3.05) is 11.9 Å². The highest BCUT2D eigenvalue weighted by Crippen LogP contribution is 2.23. The van der Waals surface area contributed by atoms with Gasteiger partial charge in [-0.3, -0.25) is 14.9 Å². The minimum atomic E-state index is -0.476. The van der Waals surface area contributed by atoms with Crippen molar-refractivity contribution in [2.24, 2.45) is 17.6 Å². The number of rotatable bonds is 7. The fraction of sp³-hybridized carbons (Fsp3) is 0.533. The van der Waals surface area contributed by atoms with Gasteiger partial charge in [-0.25, -0.2) is 0 Å². The number of nitrogens with two attached hydrogens (primary N) is 1. The van der Waals surface area contributed by atoms with Crippen LogP contribution in [0.15, 0.2) is 18.2 Å². The Morgan fingerprint density at radius 3 is 2.62 bits per heavy atom. The van der Waals surface area contributed by atoms with Crippen molar-refractivity contribution in [3.8, 4) is 0 Å². The van der Waals surface area contributed by atoms with Crippen LogP contribution in [0.3, 0.4) is 0 Å². The predicted octanol–water partition coefficient (Wildman–Crippen LogP) is 2.85. The lowest BCUT2D eigenvalue weighted by molar-refractivity contribution is -0.384. The van der Waals surface area contributed by atoms with Crippen molar-refractivity contribution in [1.82, 2.24) is 0 Å². The maximum Gasteiger partial charge on any atom is 0.271 e. The second kappa shape index (κ2) is 7.73. The molecule has 3 N–H and O–H groups in total. The smallest absolute Gasteiger partial charge is 0.271 e. The second-order valence-electron chi connectivity index (χ2n) is 5.74. The number of nitro benzene ring substituents is 1. The normalized spacial score (nSPS) is 12.2. The topological polar surface area (TPSA) is 98.3 Å². The summed E-state index contributed by atoms with van der Waals surface area (Å²) in [5, 5.41) is 13.5. The first kappa shape index (κ1) is 17.1. The number of hydrogen-bond donors (Lipinski definition) is 2. The molecule has 0 radical (unpaired) electrons. The summed E-state index contributed by atoms with van der Waals surface area (Å²) in [6, 6.07) is 4.43. The van der Waals surface area contributed by atoms with Crippen LogP contribution in [0.4, 0.5) is 11.4 Å². The first-order valence-corrected chi connectivity index (χ1v) is 7.08. The molecule has 116 valence electrons. The molecule has 1 unspecified atom stereocenters. The maximum atomic E-state index is 12.1. The molecule has 0 saturated carbocycles. The van der Waals surface area contributed by atoms with Gasteiger partial charge >= 0.3 is 0 Å². The number of benzene rings is 1. The van der Waals surface area contributed by atoms with Crippen molar-refractivity contribution in [3.05, 3.63) is 33.9 Å². The third kappa shape index (κ3) is 5.51. The molecule has 0 aromatic heterocycles. The van der Waals surface area contributed by atoms with Gasteiger partial charge in [0.15, 0.2) is 0 Å². The zero-order valence-corrected chi connectivity index (χ0v) is 12.8. The first-order valence-electron chi connectivity index (χ1n) is 7.08. The summed E-state index contributed by atoms with van der Waals surface area (Å²) in [5.41, 5.74) is 6.93. The Bertz CT molecular complexity index is 515. The third-order valence-electron chi connectivity index (χ3n) is 3.32. The molecule has 0 saturated heterocycles. The van der Waals surface area contributed by atoms with E-state index in [-0.39, 0.29) is 17.5 Å². The minimum absolute atomic E-state index is 0.0338. The van der Waals surface area contributed by atoms with Crippen LogP contribution >= 0.6 is 0 Å². The van der Waals surface area contributed by atoms with E-state index in [4.69, 9.17) is 5.73 Å². The van der Waals surface area contributed by atoms with Gasteiger partial charge in [-0.2, -0.15) is 0 Å². The average molecular weight is 293 g/mol. The van der Waals surface area contributed by atoms with Crippen LogP contribution in [0.25, 0.3) is 0 Å². The molecule has 0 heterocycles. The zero-order valence-electron chi connectivity index (χ0n) is 12.8. The molecule has 0 fully saturated rings. The van der Waals surface area contributed by atoms with Gasteiger partial charge in [-0.05, 0) is 37.3 Å². The van der Waals surface area contributed by atoms with Crippen molar-refractivity contribution in [1.29, 1.82) is 0 Å². The summed E-state index contributed by atoms with van der Waals surface area (Å²) >= 11 is 0. The van der Waals surface area contributed by atoms with Crippen LogP contribution in [-0.4, -0.2) is 17.4 Å². The number of amides is 1. The summed E-state index contributed by atoms with van der Waals surface area (Å²) in [5.74, 6) is 0.449. The molecule has 0 spiro atoms. The van der Waals surface area contributed by atoms with Gasteiger partial charge in [-0.15, -0.1) is 0 Å². The van der Waals surface area contributed by atoms with E-state index in [1.165, 1.54) is 12.1 Å². The van der Waals surface area contributed by atoms with Gasteiger partial charge in [0, 0.05) is 18.6 Å². The average Bonchev–Trinajstić information content (AvgIpc) is 2.39.